The molecule has 0 aliphatic carbocycles. The van der Waals surface area contributed by atoms with Gasteiger partial charge in [0.05, 0.1) is 18.8 Å². The third-order valence-corrected chi connectivity index (χ3v) is 4.84. The Hall–Kier alpha value is -2.70. The van der Waals surface area contributed by atoms with Crippen LogP contribution in [0.1, 0.15) is 27.6 Å². The van der Waals surface area contributed by atoms with Crippen LogP contribution in [0.2, 0.25) is 0 Å². The molecule has 1 atom stereocenters. The monoisotopic (exact) mass is 383 g/mol. The van der Waals surface area contributed by atoms with Crippen molar-refractivity contribution in [1.82, 2.24) is 4.90 Å². The Bertz CT molecular complexity index is 784. The van der Waals surface area contributed by atoms with Crippen molar-refractivity contribution in [1.29, 1.82) is 0 Å². The van der Waals surface area contributed by atoms with Crippen LogP contribution in [0.25, 0.3) is 0 Å². The minimum Gasteiger partial charge on any atom is -0.444 e. The smallest absolute Gasteiger partial charge is 0.339 e. The van der Waals surface area contributed by atoms with Crippen LogP contribution in [-0.2, 0) is 20.8 Å². The zero-order chi connectivity index (χ0) is 19.9. The number of carbonyl (C=O) groups is 2. The predicted molar refractivity (Wildman–Crippen MR) is 105 cm³/mol. The number of nitrogens with zero attached hydrogens (tertiary/aromatic N) is 1. The molecule has 0 aromatic heterocycles. The normalized spacial score (nSPS) is 15.6. The lowest BCUT2D eigenvalue weighted by Crippen LogP contribution is -3.12. The van der Waals surface area contributed by atoms with E-state index >= 15 is 0 Å². The largest absolute Gasteiger partial charge is 0.444 e. The molecular formula is C22H27N2O4+. The molecule has 3 rings (SSSR count). The molecule has 1 N–H and O–H groups in total. The van der Waals surface area contributed by atoms with Crippen molar-refractivity contribution >= 4 is 11.9 Å². The number of amides is 1. The Balaban J connectivity index is 1.68. The molecule has 0 bridgehead atoms. The third-order valence-electron chi connectivity index (χ3n) is 4.84. The van der Waals surface area contributed by atoms with E-state index in [2.05, 4.69) is 0 Å². The molecule has 0 unspecified atom stereocenters. The molecular weight excluding hydrogens is 356 g/mol. The fourth-order valence-electron chi connectivity index (χ4n) is 3.18. The molecule has 6 nitrogen and oxygen atoms in total. The standard InChI is InChI=1S/C22H26N2O4/c1-23(2)21(25)20(18-6-4-3-5-7-18)28-22(26)19-10-8-17(9-11-19)16-24-12-14-27-15-13-24/h3-11,20H,12-16H2,1-2H3/p+1/t20-/m0/s1. The Kier molecular flexibility index (Phi) is 6.79. The van der Waals surface area contributed by atoms with E-state index in [0.29, 0.717) is 11.1 Å². The molecule has 0 saturated carbocycles. The number of esters is 1. The Morgan fingerprint density at radius 3 is 2.29 bits per heavy atom. The molecule has 1 amide bonds. The average Bonchev–Trinajstić information content (AvgIpc) is 2.73. The Labute approximate surface area is 165 Å². The first-order valence-corrected chi connectivity index (χ1v) is 9.52. The summed E-state index contributed by atoms with van der Waals surface area (Å²) in [4.78, 5) is 28.1. The summed E-state index contributed by atoms with van der Waals surface area (Å²) in [5.41, 5.74) is 2.26. The first-order valence-electron chi connectivity index (χ1n) is 9.52. The molecule has 1 heterocycles. The molecule has 2 aromatic carbocycles. The maximum Gasteiger partial charge on any atom is 0.339 e. The van der Waals surface area contributed by atoms with Gasteiger partial charge in [0.2, 0.25) is 6.10 Å². The van der Waals surface area contributed by atoms with Gasteiger partial charge in [0.15, 0.2) is 0 Å². The molecule has 148 valence electrons. The first kappa shape index (κ1) is 20.0. The SMILES string of the molecule is CN(C)C(=O)[C@@H](OC(=O)c1ccc(C[NH+]2CCOCC2)cc1)c1ccccc1. The third kappa shape index (κ3) is 5.18. The summed E-state index contributed by atoms with van der Waals surface area (Å²) in [6, 6.07) is 16.5. The minimum absolute atomic E-state index is 0.271. The van der Waals surface area contributed by atoms with Crippen molar-refractivity contribution in [3.8, 4) is 0 Å². The van der Waals surface area contributed by atoms with Gasteiger partial charge in [-0.25, -0.2) is 4.79 Å². The summed E-state index contributed by atoms with van der Waals surface area (Å²) in [6.45, 7) is 4.48. The van der Waals surface area contributed by atoms with Gasteiger partial charge in [0, 0.05) is 25.2 Å². The summed E-state index contributed by atoms with van der Waals surface area (Å²) < 4.78 is 11.0. The van der Waals surface area contributed by atoms with Crippen LogP contribution in [0.5, 0.6) is 0 Å². The lowest BCUT2D eigenvalue weighted by atomic mass is 10.1. The molecule has 0 radical (unpaired) electrons. The number of benzene rings is 2. The molecule has 28 heavy (non-hydrogen) atoms. The fraction of sp³-hybridized carbons (Fsp3) is 0.364. The number of hydrogen-bond acceptors (Lipinski definition) is 4. The van der Waals surface area contributed by atoms with Crippen LogP contribution in [0, 0.1) is 0 Å². The summed E-state index contributed by atoms with van der Waals surface area (Å²) in [5, 5.41) is 0. The highest BCUT2D eigenvalue weighted by Crippen LogP contribution is 2.21. The lowest BCUT2D eigenvalue weighted by Gasteiger charge is -2.23. The highest BCUT2D eigenvalue weighted by molar-refractivity contribution is 5.92. The number of rotatable bonds is 6. The van der Waals surface area contributed by atoms with Crippen molar-refractivity contribution in [2.45, 2.75) is 12.6 Å². The van der Waals surface area contributed by atoms with E-state index in [4.69, 9.17) is 9.47 Å². The van der Waals surface area contributed by atoms with Gasteiger partial charge in [-0.2, -0.15) is 0 Å². The zero-order valence-electron chi connectivity index (χ0n) is 16.4. The predicted octanol–water partition coefficient (Wildman–Crippen LogP) is 1.09. The van der Waals surface area contributed by atoms with Gasteiger partial charge in [-0.3, -0.25) is 4.79 Å². The summed E-state index contributed by atoms with van der Waals surface area (Å²) >= 11 is 0. The number of nitrogens with one attached hydrogen (secondary N) is 1. The number of hydrogen-bond donors (Lipinski definition) is 1. The van der Waals surface area contributed by atoms with Crippen LogP contribution >= 0.6 is 0 Å². The summed E-state index contributed by atoms with van der Waals surface area (Å²) in [5.74, 6) is -0.776. The molecule has 6 heteroatoms. The first-order chi connectivity index (χ1) is 13.5. The summed E-state index contributed by atoms with van der Waals surface area (Å²) in [7, 11) is 3.30. The molecule has 1 saturated heterocycles. The van der Waals surface area contributed by atoms with Crippen LogP contribution in [0.15, 0.2) is 54.6 Å². The van der Waals surface area contributed by atoms with Crippen molar-refractivity contribution < 1.29 is 24.0 Å². The molecule has 0 spiro atoms. The van der Waals surface area contributed by atoms with E-state index in [9.17, 15) is 9.59 Å². The van der Waals surface area contributed by atoms with Crippen LogP contribution in [0.3, 0.4) is 0 Å². The van der Waals surface area contributed by atoms with E-state index < -0.39 is 12.1 Å². The second-order valence-electron chi connectivity index (χ2n) is 7.16. The highest BCUT2D eigenvalue weighted by atomic mass is 16.5. The van der Waals surface area contributed by atoms with Gasteiger partial charge in [-0.1, -0.05) is 42.5 Å². The van der Waals surface area contributed by atoms with Gasteiger partial charge in [0.1, 0.15) is 19.6 Å². The number of likely N-dealkylation sites (N-methyl/N-ethyl adjacent to an activating group) is 1. The maximum absolute atomic E-state index is 12.6. The maximum atomic E-state index is 12.6. The molecule has 1 aliphatic rings. The van der Waals surface area contributed by atoms with Crippen molar-refractivity contribution in [3.63, 3.8) is 0 Å². The Morgan fingerprint density at radius 1 is 1.04 bits per heavy atom. The van der Waals surface area contributed by atoms with Gasteiger partial charge in [0.25, 0.3) is 5.91 Å². The fourth-order valence-corrected chi connectivity index (χ4v) is 3.18. The second kappa shape index (κ2) is 9.48. The summed E-state index contributed by atoms with van der Waals surface area (Å²) in [6.07, 6.45) is -0.957. The van der Waals surface area contributed by atoms with Crippen LogP contribution < -0.4 is 4.90 Å². The quantitative estimate of drug-likeness (QED) is 0.759. The van der Waals surface area contributed by atoms with E-state index in [1.807, 2.05) is 30.3 Å². The van der Waals surface area contributed by atoms with E-state index in [-0.39, 0.29) is 5.91 Å². The molecule has 1 fully saturated rings. The van der Waals surface area contributed by atoms with E-state index in [1.165, 1.54) is 9.80 Å². The Morgan fingerprint density at radius 2 is 1.68 bits per heavy atom. The van der Waals surface area contributed by atoms with Crippen LogP contribution in [0.4, 0.5) is 0 Å². The van der Waals surface area contributed by atoms with E-state index in [1.54, 1.807) is 38.4 Å². The molecule has 2 aromatic rings. The van der Waals surface area contributed by atoms with Gasteiger partial charge in [-0.15, -0.1) is 0 Å². The lowest BCUT2D eigenvalue weighted by molar-refractivity contribution is -0.921. The van der Waals surface area contributed by atoms with Gasteiger partial charge in [-0.05, 0) is 12.1 Å². The second-order valence-corrected chi connectivity index (χ2v) is 7.16. The number of morpholine rings is 1. The average molecular weight is 383 g/mol. The number of carbonyl (C=O) groups excluding carboxylic acids is 2. The van der Waals surface area contributed by atoms with Gasteiger partial charge >= 0.3 is 5.97 Å². The number of quaternary nitrogens is 1. The van der Waals surface area contributed by atoms with Crippen molar-refractivity contribution in [3.05, 3.63) is 71.3 Å². The number of ether oxygens (including phenoxy) is 2. The van der Waals surface area contributed by atoms with Crippen molar-refractivity contribution in [2.75, 3.05) is 40.4 Å². The van der Waals surface area contributed by atoms with Gasteiger partial charge < -0.3 is 19.3 Å². The topological polar surface area (TPSA) is 60.3 Å². The zero-order valence-corrected chi connectivity index (χ0v) is 16.4. The highest BCUT2D eigenvalue weighted by Gasteiger charge is 2.27. The van der Waals surface area contributed by atoms with Crippen LogP contribution in [-0.4, -0.2) is 57.2 Å². The molecule has 1 aliphatic heterocycles. The minimum atomic E-state index is -0.957. The van der Waals surface area contributed by atoms with E-state index in [0.717, 1.165) is 38.4 Å². The van der Waals surface area contributed by atoms with Crippen molar-refractivity contribution in [2.24, 2.45) is 0 Å².